The standard InChI is InChI=1S/C4H5Cl2N3O3/c5-1(6)3(11)8-9-4(12)2(7)10/h1H,(H2,7,10)(H,8,11)(H,9,12). The van der Waals surface area contributed by atoms with Crippen LogP contribution in [0.3, 0.4) is 0 Å². The number of carbonyl (C=O) groups excluding carboxylic acids is 3. The molecule has 0 aromatic carbocycles. The number of nitrogens with one attached hydrogen (secondary N) is 2. The second-order valence-corrected chi connectivity index (χ2v) is 2.70. The Morgan fingerprint density at radius 3 is 2.00 bits per heavy atom. The van der Waals surface area contributed by atoms with E-state index in [1.54, 1.807) is 10.9 Å². The van der Waals surface area contributed by atoms with E-state index in [0.29, 0.717) is 0 Å². The quantitative estimate of drug-likeness (QED) is 0.279. The summed E-state index contributed by atoms with van der Waals surface area (Å²) in [7, 11) is 0. The maximum absolute atomic E-state index is 10.5. The molecule has 0 fully saturated rings. The normalized spacial score (nSPS) is 9.25. The molecule has 0 rings (SSSR count). The summed E-state index contributed by atoms with van der Waals surface area (Å²) in [6, 6.07) is 0. The van der Waals surface area contributed by atoms with Gasteiger partial charge in [-0.05, 0) is 0 Å². The number of nitrogens with two attached hydrogens (primary N) is 1. The van der Waals surface area contributed by atoms with Crippen molar-refractivity contribution in [3.63, 3.8) is 0 Å². The van der Waals surface area contributed by atoms with Crippen molar-refractivity contribution in [2.75, 3.05) is 0 Å². The summed E-state index contributed by atoms with van der Waals surface area (Å²) in [6.45, 7) is 0. The highest BCUT2D eigenvalue weighted by Gasteiger charge is 2.13. The van der Waals surface area contributed by atoms with Crippen LogP contribution < -0.4 is 16.6 Å². The molecule has 12 heavy (non-hydrogen) atoms. The highest BCUT2D eigenvalue weighted by molar-refractivity contribution is 6.53. The summed E-state index contributed by atoms with van der Waals surface area (Å²) in [4.78, 5) is 29.7. The summed E-state index contributed by atoms with van der Waals surface area (Å²) in [5, 5.41) is 0. The molecule has 0 atom stereocenters. The summed E-state index contributed by atoms with van der Waals surface area (Å²) in [5.41, 5.74) is 7.97. The molecule has 0 aliphatic rings. The van der Waals surface area contributed by atoms with Gasteiger partial charge in [0.2, 0.25) is 0 Å². The molecule has 0 aliphatic heterocycles. The molecule has 0 heterocycles. The lowest BCUT2D eigenvalue weighted by Crippen LogP contribution is -2.48. The van der Waals surface area contributed by atoms with E-state index in [-0.39, 0.29) is 0 Å². The smallest absolute Gasteiger partial charge is 0.327 e. The van der Waals surface area contributed by atoms with Gasteiger partial charge in [-0.25, -0.2) is 0 Å². The number of carbonyl (C=O) groups is 3. The summed E-state index contributed by atoms with van der Waals surface area (Å²) >= 11 is 10.2. The summed E-state index contributed by atoms with van der Waals surface area (Å²) in [6.07, 6.45) is 0. The van der Waals surface area contributed by atoms with Crippen LogP contribution in [0.1, 0.15) is 0 Å². The molecule has 8 heteroatoms. The van der Waals surface area contributed by atoms with Gasteiger partial charge in [0.05, 0.1) is 0 Å². The Kier molecular flexibility index (Phi) is 4.38. The third kappa shape index (κ3) is 3.99. The molecular weight excluding hydrogens is 209 g/mol. The third-order valence-electron chi connectivity index (χ3n) is 0.721. The van der Waals surface area contributed by atoms with Crippen molar-refractivity contribution in [2.45, 2.75) is 4.84 Å². The maximum Gasteiger partial charge on any atom is 0.327 e. The predicted molar refractivity (Wildman–Crippen MR) is 41.0 cm³/mol. The van der Waals surface area contributed by atoms with E-state index in [2.05, 4.69) is 5.73 Å². The van der Waals surface area contributed by atoms with Crippen molar-refractivity contribution in [3.8, 4) is 0 Å². The molecule has 68 valence electrons. The molecule has 0 saturated carbocycles. The fraction of sp³-hybridized carbons (Fsp3) is 0.250. The number of hydrogen-bond donors (Lipinski definition) is 3. The SMILES string of the molecule is NC(=O)C(=O)NNC(=O)C(Cl)Cl. The minimum absolute atomic E-state index is 0.854. The number of rotatable bonds is 1. The van der Waals surface area contributed by atoms with Gasteiger partial charge in [-0.3, -0.25) is 25.2 Å². The number of primary amides is 1. The molecule has 6 nitrogen and oxygen atoms in total. The Hall–Kier alpha value is -1.01. The minimum atomic E-state index is -1.32. The Morgan fingerprint density at radius 2 is 1.67 bits per heavy atom. The lowest BCUT2D eigenvalue weighted by Gasteiger charge is -2.04. The molecular formula is C4H5Cl2N3O3. The van der Waals surface area contributed by atoms with E-state index in [9.17, 15) is 14.4 Å². The molecule has 0 spiro atoms. The Labute approximate surface area is 77.3 Å². The number of hydrogen-bond acceptors (Lipinski definition) is 3. The first-order chi connectivity index (χ1) is 5.45. The van der Waals surface area contributed by atoms with E-state index in [4.69, 9.17) is 23.2 Å². The fourth-order valence-corrected chi connectivity index (χ4v) is 0.344. The molecule has 0 aromatic rings. The van der Waals surface area contributed by atoms with Crippen LogP contribution >= 0.6 is 23.2 Å². The second kappa shape index (κ2) is 4.78. The molecule has 0 saturated heterocycles. The molecule has 0 bridgehead atoms. The monoisotopic (exact) mass is 213 g/mol. The van der Waals surface area contributed by atoms with Crippen LogP contribution in [0.25, 0.3) is 0 Å². The first-order valence-electron chi connectivity index (χ1n) is 2.63. The molecule has 0 unspecified atom stereocenters. The van der Waals surface area contributed by atoms with Gasteiger partial charge in [0, 0.05) is 0 Å². The van der Waals surface area contributed by atoms with Crippen LogP contribution in [0.15, 0.2) is 0 Å². The van der Waals surface area contributed by atoms with Gasteiger partial charge in [0.15, 0.2) is 4.84 Å². The highest BCUT2D eigenvalue weighted by Crippen LogP contribution is 1.98. The largest absolute Gasteiger partial charge is 0.361 e. The zero-order valence-electron chi connectivity index (χ0n) is 5.64. The topological polar surface area (TPSA) is 101 Å². The van der Waals surface area contributed by atoms with Crippen molar-refractivity contribution in [3.05, 3.63) is 0 Å². The summed E-state index contributed by atoms with van der Waals surface area (Å²) < 4.78 is 0. The van der Waals surface area contributed by atoms with Gasteiger partial charge in [-0.15, -0.1) is 0 Å². The Bertz CT molecular complexity index is 218. The molecule has 0 aliphatic carbocycles. The van der Waals surface area contributed by atoms with Gasteiger partial charge >= 0.3 is 11.8 Å². The molecule has 0 aromatic heterocycles. The van der Waals surface area contributed by atoms with Crippen molar-refractivity contribution in [1.29, 1.82) is 0 Å². The number of halogens is 2. The molecule has 4 N–H and O–H groups in total. The van der Waals surface area contributed by atoms with Gasteiger partial charge in [-0.1, -0.05) is 23.2 Å². The van der Waals surface area contributed by atoms with Crippen LogP contribution in [0.5, 0.6) is 0 Å². The van der Waals surface area contributed by atoms with E-state index < -0.39 is 22.6 Å². The van der Waals surface area contributed by atoms with Gasteiger partial charge < -0.3 is 5.73 Å². The minimum Gasteiger partial charge on any atom is -0.361 e. The fourth-order valence-electron chi connectivity index (χ4n) is 0.235. The van der Waals surface area contributed by atoms with Crippen molar-refractivity contribution in [2.24, 2.45) is 5.73 Å². The average Bonchev–Trinajstić information content (AvgIpc) is 1.98. The lowest BCUT2D eigenvalue weighted by molar-refractivity contribution is -0.139. The van der Waals surface area contributed by atoms with Gasteiger partial charge in [0.1, 0.15) is 0 Å². The molecule has 3 amide bonds. The van der Waals surface area contributed by atoms with Crippen molar-refractivity contribution in [1.82, 2.24) is 10.9 Å². The molecule has 0 radical (unpaired) electrons. The first kappa shape index (κ1) is 11.0. The Balaban J connectivity index is 3.77. The summed E-state index contributed by atoms with van der Waals surface area (Å²) in [5.74, 6) is -3.23. The maximum atomic E-state index is 10.5. The zero-order valence-corrected chi connectivity index (χ0v) is 7.15. The highest BCUT2D eigenvalue weighted by atomic mass is 35.5. The Morgan fingerprint density at radius 1 is 1.17 bits per heavy atom. The number of alkyl halides is 2. The van der Waals surface area contributed by atoms with Crippen LogP contribution in [0, 0.1) is 0 Å². The van der Waals surface area contributed by atoms with Crippen LogP contribution in [-0.2, 0) is 14.4 Å². The van der Waals surface area contributed by atoms with E-state index in [0.717, 1.165) is 0 Å². The van der Waals surface area contributed by atoms with Gasteiger partial charge in [-0.2, -0.15) is 0 Å². The number of hydrazine groups is 1. The van der Waals surface area contributed by atoms with Crippen molar-refractivity contribution < 1.29 is 14.4 Å². The number of amides is 3. The van der Waals surface area contributed by atoms with Crippen molar-refractivity contribution >= 4 is 40.9 Å². The van der Waals surface area contributed by atoms with Crippen LogP contribution in [0.4, 0.5) is 0 Å². The van der Waals surface area contributed by atoms with E-state index >= 15 is 0 Å². The first-order valence-corrected chi connectivity index (χ1v) is 3.50. The third-order valence-corrected chi connectivity index (χ3v) is 1.12. The predicted octanol–water partition coefficient (Wildman–Crippen LogP) is -1.58. The van der Waals surface area contributed by atoms with Gasteiger partial charge in [0.25, 0.3) is 5.91 Å². The van der Waals surface area contributed by atoms with E-state index in [1.165, 1.54) is 0 Å². The van der Waals surface area contributed by atoms with Crippen LogP contribution in [-0.4, -0.2) is 22.6 Å². The van der Waals surface area contributed by atoms with Crippen LogP contribution in [0.2, 0.25) is 0 Å². The van der Waals surface area contributed by atoms with E-state index in [1.807, 2.05) is 0 Å². The zero-order chi connectivity index (χ0) is 9.72. The second-order valence-electron chi connectivity index (χ2n) is 1.61. The lowest BCUT2D eigenvalue weighted by atomic mass is 10.6. The average molecular weight is 214 g/mol.